The Morgan fingerprint density at radius 3 is 2.44 bits per heavy atom. The van der Waals surface area contributed by atoms with Crippen molar-refractivity contribution in [3.05, 3.63) is 56.2 Å². The van der Waals surface area contributed by atoms with Crippen LogP contribution >= 0.6 is 27.3 Å². The van der Waals surface area contributed by atoms with Gasteiger partial charge in [0.2, 0.25) is 0 Å². The number of thiophene rings is 1. The molecule has 0 saturated heterocycles. The first kappa shape index (κ1) is 12.4. The number of hydrogen-bond acceptors (Lipinski definition) is 2. The maximum atomic E-state index is 6.56. The Morgan fingerprint density at radius 1 is 1.28 bits per heavy atom. The van der Waals surface area contributed by atoms with Gasteiger partial charge < -0.3 is 5.73 Å². The van der Waals surface area contributed by atoms with Gasteiger partial charge in [0.25, 0.3) is 0 Å². The molecule has 18 heavy (non-hydrogen) atoms. The quantitative estimate of drug-likeness (QED) is 0.881. The molecule has 0 spiro atoms. The van der Waals surface area contributed by atoms with Crippen LogP contribution in [0.3, 0.4) is 0 Å². The lowest BCUT2D eigenvalue weighted by Crippen LogP contribution is -2.25. The Hall–Kier alpha value is -0.640. The first-order valence-corrected chi connectivity index (χ1v) is 7.81. The highest BCUT2D eigenvalue weighted by atomic mass is 79.9. The zero-order valence-electron chi connectivity index (χ0n) is 10.3. The molecule has 0 amide bonds. The molecule has 1 heterocycles. The molecule has 1 unspecified atom stereocenters. The topological polar surface area (TPSA) is 26.0 Å². The third-order valence-electron chi connectivity index (χ3n) is 3.85. The lowest BCUT2D eigenvalue weighted by Gasteiger charge is -2.23. The molecular formula is C15H16BrNS. The molecule has 1 aliphatic carbocycles. The van der Waals surface area contributed by atoms with E-state index in [1.165, 1.54) is 32.6 Å². The van der Waals surface area contributed by atoms with E-state index in [0.717, 1.165) is 0 Å². The van der Waals surface area contributed by atoms with Gasteiger partial charge in [-0.25, -0.2) is 0 Å². The van der Waals surface area contributed by atoms with Crippen molar-refractivity contribution in [2.75, 3.05) is 0 Å². The molecule has 0 bridgehead atoms. The van der Waals surface area contributed by atoms with E-state index in [-0.39, 0.29) is 11.5 Å². The van der Waals surface area contributed by atoms with Crippen LogP contribution in [-0.4, -0.2) is 0 Å². The normalized spacial score (nSPS) is 18.6. The van der Waals surface area contributed by atoms with Gasteiger partial charge in [0, 0.05) is 25.7 Å². The van der Waals surface area contributed by atoms with Crippen LogP contribution in [-0.2, 0) is 5.41 Å². The number of aryl methyl sites for hydroxylation is 1. The summed E-state index contributed by atoms with van der Waals surface area (Å²) in [4.78, 5) is 2.60. The van der Waals surface area contributed by atoms with Crippen LogP contribution in [0.25, 0.3) is 0 Å². The third kappa shape index (κ3) is 1.94. The summed E-state index contributed by atoms with van der Waals surface area (Å²) in [5, 5.41) is 0. The summed E-state index contributed by atoms with van der Waals surface area (Å²) in [5.74, 6) is 0. The molecule has 0 radical (unpaired) electrons. The Labute approximate surface area is 120 Å². The highest BCUT2D eigenvalue weighted by Gasteiger charge is 2.50. The monoisotopic (exact) mass is 321 g/mol. The fourth-order valence-electron chi connectivity index (χ4n) is 2.65. The number of halogens is 1. The van der Waals surface area contributed by atoms with Crippen LogP contribution in [0.2, 0.25) is 0 Å². The molecule has 1 nitrogen and oxygen atoms in total. The molecule has 3 heteroatoms. The Morgan fingerprint density at radius 2 is 1.94 bits per heavy atom. The van der Waals surface area contributed by atoms with Gasteiger partial charge in [-0.3, -0.25) is 0 Å². The first-order chi connectivity index (χ1) is 8.63. The minimum atomic E-state index is 0.105. The fourth-order valence-corrected chi connectivity index (χ4v) is 4.67. The summed E-state index contributed by atoms with van der Waals surface area (Å²) >= 11 is 5.45. The van der Waals surface area contributed by atoms with Crippen LogP contribution in [0.1, 0.15) is 34.2 Å². The van der Waals surface area contributed by atoms with E-state index in [2.05, 4.69) is 59.3 Å². The van der Waals surface area contributed by atoms with E-state index in [9.17, 15) is 0 Å². The van der Waals surface area contributed by atoms with Gasteiger partial charge in [-0.15, -0.1) is 11.3 Å². The highest BCUT2D eigenvalue weighted by Crippen LogP contribution is 2.57. The molecule has 3 rings (SSSR count). The van der Waals surface area contributed by atoms with E-state index < -0.39 is 0 Å². The fraction of sp³-hybridized carbons (Fsp3) is 0.333. The average Bonchev–Trinajstić information content (AvgIpc) is 3.11. The molecule has 1 atom stereocenters. The lowest BCUT2D eigenvalue weighted by molar-refractivity contribution is 0.548. The van der Waals surface area contributed by atoms with Gasteiger partial charge >= 0.3 is 0 Å². The van der Waals surface area contributed by atoms with Gasteiger partial charge in [0.1, 0.15) is 0 Å². The minimum Gasteiger partial charge on any atom is -0.323 e. The molecule has 0 aliphatic heterocycles. The molecule has 2 aromatic rings. The smallest absolute Gasteiger partial charge is 0.0499 e. The van der Waals surface area contributed by atoms with E-state index in [4.69, 9.17) is 5.73 Å². The number of nitrogens with two attached hydrogens (primary N) is 1. The standard InChI is InChI=1S/C15H16BrNS/c1-10-9-12(16)13(18-10)14(17)15(7-8-15)11-5-3-2-4-6-11/h2-6,9,14H,7-8,17H2,1H3. The molecular weight excluding hydrogens is 306 g/mol. The van der Waals surface area contributed by atoms with Gasteiger partial charge in [-0.1, -0.05) is 30.3 Å². The lowest BCUT2D eigenvalue weighted by atomic mass is 9.88. The molecule has 1 aromatic carbocycles. The Bertz CT molecular complexity index is 557. The number of benzene rings is 1. The second kappa shape index (κ2) is 4.48. The maximum absolute atomic E-state index is 6.56. The molecule has 94 valence electrons. The zero-order chi connectivity index (χ0) is 12.8. The van der Waals surface area contributed by atoms with E-state index in [0.29, 0.717) is 0 Å². The average molecular weight is 322 g/mol. The summed E-state index contributed by atoms with van der Waals surface area (Å²) in [6.45, 7) is 2.13. The van der Waals surface area contributed by atoms with Crippen molar-refractivity contribution < 1.29 is 0 Å². The van der Waals surface area contributed by atoms with Crippen LogP contribution in [0.4, 0.5) is 0 Å². The molecule has 1 fully saturated rings. The molecule has 1 saturated carbocycles. The summed E-state index contributed by atoms with van der Waals surface area (Å²) in [7, 11) is 0. The highest BCUT2D eigenvalue weighted by molar-refractivity contribution is 9.10. The van der Waals surface area contributed by atoms with Crippen molar-refractivity contribution in [2.24, 2.45) is 5.73 Å². The summed E-state index contributed by atoms with van der Waals surface area (Å²) < 4.78 is 1.17. The van der Waals surface area contributed by atoms with Gasteiger partial charge in [-0.2, -0.15) is 0 Å². The van der Waals surface area contributed by atoms with Gasteiger partial charge in [-0.05, 0) is 47.3 Å². The van der Waals surface area contributed by atoms with Crippen LogP contribution < -0.4 is 5.73 Å². The SMILES string of the molecule is Cc1cc(Br)c(C(N)C2(c3ccccc3)CC2)s1. The van der Waals surface area contributed by atoms with Crippen LogP contribution in [0.5, 0.6) is 0 Å². The van der Waals surface area contributed by atoms with Crippen molar-refractivity contribution in [3.63, 3.8) is 0 Å². The first-order valence-electron chi connectivity index (χ1n) is 6.20. The summed E-state index contributed by atoms with van der Waals surface area (Å²) in [6.07, 6.45) is 2.39. The van der Waals surface area contributed by atoms with Crippen molar-refractivity contribution in [2.45, 2.75) is 31.2 Å². The third-order valence-corrected chi connectivity index (χ3v) is 5.90. The molecule has 1 aliphatic rings. The van der Waals surface area contributed by atoms with E-state index >= 15 is 0 Å². The number of rotatable bonds is 3. The largest absolute Gasteiger partial charge is 0.323 e. The summed E-state index contributed by atoms with van der Waals surface area (Å²) in [5.41, 5.74) is 8.11. The predicted octanol–water partition coefficient (Wildman–Crippen LogP) is 4.55. The Kier molecular flexibility index (Phi) is 3.08. The maximum Gasteiger partial charge on any atom is 0.0499 e. The predicted molar refractivity (Wildman–Crippen MR) is 81.0 cm³/mol. The molecule has 2 N–H and O–H groups in total. The second-order valence-electron chi connectivity index (χ2n) is 5.07. The minimum absolute atomic E-state index is 0.105. The van der Waals surface area contributed by atoms with Crippen molar-refractivity contribution in [1.82, 2.24) is 0 Å². The number of hydrogen-bond donors (Lipinski definition) is 1. The van der Waals surface area contributed by atoms with Crippen molar-refractivity contribution in [3.8, 4) is 0 Å². The van der Waals surface area contributed by atoms with Crippen molar-refractivity contribution in [1.29, 1.82) is 0 Å². The van der Waals surface area contributed by atoms with Crippen LogP contribution in [0, 0.1) is 6.92 Å². The van der Waals surface area contributed by atoms with E-state index in [1.807, 2.05) is 11.3 Å². The van der Waals surface area contributed by atoms with Gasteiger partial charge in [0.15, 0.2) is 0 Å². The molecule has 1 aromatic heterocycles. The van der Waals surface area contributed by atoms with Gasteiger partial charge in [0.05, 0.1) is 0 Å². The summed E-state index contributed by atoms with van der Waals surface area (Å²) in [6, 6.07) is 13.0. The van der Waals surface area contributed by atoms with Crippen LogP contribution in [0.15, 0.2) is 40.9 Å². The zero-order valence-corrected chi connectivity index (χ0v) is 12.7. The van der Waals surface area contributed by atoms with E-state index in [1.54, 1.807) is 0 Å². The Balaban J connectivity index is 1.98. The van der Waals surface area contributed by atoms with Crippen molar-refractivity contribution >= 4 is 27.3 Å². The second-order valence-corrected chi connectivity index (χ2v) is 7.21.